The van der Waals surface area contributed by atoms with E-state index in [-0.39, 0.29) is 38.6 Å². The first-order valence-corrected chi connectivity index (χ1v) is 14.0. The van der Waals surface area contributed by atoms with E-state index in [0.717, 1.165) is 5.69 Å². The maximum absolute atomic E-state index is 12.9. The van der Waals surface area contributed by atoms with Gasteiger partial charge in [-0.25, -0.2) is 0 Å². The van der Waals surface area contributed by atoms with Gasteiger partial charge in [-0.15, -0.1) is 4.68 Å². The Balaban J connectivity index is 1.60. The fourth-order valence-electron chi connectivity index (χ4n) is 4.64. The zero-order valence-electron chi connectivity index (χ0n) is 24.2. The van der Waals surface area contributed by atoms with Gasteiger partial charge < -0.3 is 20.6 Å². The minimum absolute atomic E-state index is 0.00569. The summed E-state index contributed by atoms with van der Waals surface area (Å²) in [7, 11) is 0. The molecule has 16 heteroatoms. The van der Waals surface area contributed by atoms with Crippen molar-refractivity contribution in [1.82, 2.24) is 24.9 Å². The van der Waals surface area contributed by atoms with Gasteiger partial charge in [0.25, 0.3) is 0 Å². The van der Waals surface area contributed by atoms with Crippen molar-refractivity contribution in [3.8, 4) is 17.9 Å². The molecule has 2 aliphatic heterocycles. The molecule has 0 aromatic heterocycles. The molecule has 1 aromatic carbocycles. The molecule has 44 heavy (non-hydrogen) atoms. The lowest BCUT2D eigenvalue weighted by molar-refractivity contribution is -0.444. The highest BCUT2D eigenvalue weighted by atomic mass is 16.4. The van der Waals surface area contributed by atoms with Crippen LogP contribution in [0.2, 0.25) is 0 Å². The molecule has 3 rings (SSSR count). The minimum Gasteiger partial charge on any atom is -0.480 e. The number of nitrogens with one attached hydrogen (secondary N) is 1. The first-order chi connectivity index (χ1) is 21.1. The molecule has 0 bridgehead atoms. The number of carboxylic acids is 3. The largest absolute Gasteiger partial charge is 0.480 e. The molecule has 16 nitrogen and oxygen atoms in total. The van der Waals surface area contributed by atoms with Crippen molar-refractivity contribution >= 4 is 35.7 Å². The van der Waals surface area contributed by atoms with Gasteiger partial charge in [0.2, 0.25) is 11.9 Å². The van der Waals surface area contributed by atoms with Crippen LogP contribution in [0.4, 0.5) is 5.69 Å². The van der Waals surface area contributed by atoms with Crippen LogP contribution in [0.25, 0.3) is 0 Å². The van der Waals surface area contributed by atoms with E-state index in [4.69, 9.17) is 5.26 Å². The fourth-order valence-corrected chi connectivity index (χ4v) is 4.64. The van der Waals surface area contributed by atoms with E-state index >= 15 is 0 Å². The zero-order chi connectivity index (χ0) is 31.9. The second kappa shape index (κ2) is 17.4. The van der Waals surface area contributed by atoms with E-state index in [2.05, 4.69) is 27.5 Å². The SMILES string of the molecule is N#CC#Cc1ccc([N+]2=CC(CNC(=O)CN3CCN(CC(=O)O)CCN(CC(=O)O)CCN(CC(=O)O)CC3)N=N2)cc1. The second-order valence-corrected chi connectivity index (χ2v) is 10.3. The average molecular weight is 611 g/mol. The van der Waals surface area contributed by atoms with Crippen LogP contribution in [-0.2, 0) is 19.2 Å². The number of carboxylic acid groups (broad SMARTS) is 3. The zero-order valence-corrected chi connectivity index (χ0v) is 24.2. The number of rotatable bonds is 11. The number of carbonyl (C=O) groups excluding carboxylic acids is 1. The first kappa shape index (κ1) is 33.8. The number of amides is 1. The lowest BCUT2D eigenvalue weighted by atomic mass is 10.2. The second-order valence-electron chi connectivity index (χ2n) is 10.3. The lowest BCUT2D eigenvalue weighted by Crippen LogP contribution is -2.50. The summed E-state index contributed by atoms with van der Waals surface area (Å²) < 4.78 is 1.58. The first-order valence-electron chi connectivity index (χ1n) is 14.0. The van der Waals surface area contributed by atoms with Gasteiger partial charge in [0, 0.05) is 69.0 Å². The van der Waals surface area contributed by atoms with Crippen LogP contribution >= 0.6 is 0 Å². The summed E-state index contributed by atoms with van der Waals surface area (Å²) >= 11 is 0. The number of nitriles is 1. The maximum atomic E-state index is 12.9. The Labute approximate surface area is 254 Å². The molecule has 2 aliphatic rings. The van der Waals surface area contributed by atoms with Crippen LogP contribution in [0.5, 0.6) is 0 Å². The topological polar surface area (TPSA) is 205 Å². The number of nitrogens with zero attached hydrogens (tertiary/aromatic N) is 8. The highest BCUT2D eigenvalue weighted by molar-refractivity contribution is 5.78. The molecule has 0 spiro atoms. The number of benzene rings is 1. The number of hydrogen-bond acceptors (Lipinski definition) is 11. The van der Waals surface area contributed by atoms with Crippen molar-refractivity contribution in [2.24, 2.45) is 10.3 Å². The Kier molecular flexibility index (Phi) is 13.3. The molecule has 0 radical (unpaired) electrons. The molecule has 1 aromatic rings. The molecule has 1 atom stereocenters. The molecule has 1 unspecified atom stereocenters. The van der Waals surface area contributed by atoms with E-state index < -0.39 is 23.9 Å². The van der Waals surface area contributed by atoms with Crippen LogP contribution in [0.1, 0.15) is 5.56 Å². The smallest absolute Gasteiger partial charge is 0.317 e. The Morgan fingerprint density at radius 1 is 0.795 bits per heavy atom. The Bertz CT molecular complexity index is 1320. The van der Waals surface area contributed by atoms with Gasteiger partial charge in [-0.05, 0) is 24.3 Å². The number of hydrogen-bond donors (Lipinski definition) is 4. The standard InChI is InChI=1S/C28H35N9O7/c29-7-1-2-22-3-5-24(6-4-22)37-17-23(31-32-37)16-30-25(38)18-33-8-10-34(19-26(39)40)12-14-36(21-28(43)44)15-13-35(11-9-33)20-27(41)42/h3-6,17,23H,8-16,18-21H2,(H3-,30,38,39,40,41,42,43,44)/p+1. The molecule has 4 N–H and O–H groups in total. The highest BCUT2D eigenvalue weighted by Gasteiger charge is 2.25. The summed E-state index contributed by atoms with van der Waals surface area (Å²) in [4.78, 5) is 54.1. The van der Waals surface area contributed by atoms with Gasteiger partial charge in [0.05, 0.1) is 32.7 Å². The van der Waals surface area contributed by atoms with Gasteiger partial charge in [-0.3, -0.25) is 38.8 Å². The van der Waals surface area contributed by atoms with E-state index in [0.29, 0.717) is 57.9 Å². The Morgan fingerprint density at radius 3 is 1.68 bits per heavy atom. The van der Waals surface area contributed by atoms with Gasteiger partial charge in [-0.1, -0.05) is 5.92 Å². The maximum Gasteiger partial charge on any atom is 0.317 e. The van der Waals surface area contributed by atoms with Crippen molar-refractivity contribution in [3.05, 3.63) is 29.8 Å². The predicted molar refractivity (Wildman–Crippen MR) is 155 cm³/mol. The third-order valence-corrected chi connectivity index (χ3v) is 6.89. The van der Waals surface area contributed by atoms with Crippen LogP contribution < -0.4 is 5.32 Å². The van der Waals surface area contributed by atoms with E-state index in [9.17, 15) is 34.5 Å². The molecule has 0 aliphatic carbocycles. The summed E-state index contributed by atoms with van der Waals surface area (Å²) in [6.45, 7) is 2.02. The van der Waals surface area contributed by atoms with Gasteiger partial charge in [-0.2, -0.15) is 5.26 Å². The number of aliphatic carboxylic acids is 3. The van der Waals surface area contributed by atoms with E-state index in [1.165, 1.54) is 0 Å². The molecule has 0 saturated carbocycles. The predicted octanol–water partition coefficient (Wildman–Crippen LogP) is -1.38. The summed E-state index contributed by atoms with van der Waals surface area (Å²) in [6.07, 6.45) is 1.76. The van der Waals surface area contributed by atoms with Crippen LogP contribution in [0.15, 0.2) is 34.6 Å². The van der Waals surface area contributed by atoms with Crippen molar-refractivity contribution in [2.45, 2.75) is 6.04 Å². The number of carbonyl (C=O) groups is 4. The Morgan fingerprint density at radius 2 is 1.25 bits per heavy atom. The molecular weight excluding hydrogens is 574 g/mol. The Hall–Kier alpha value is -4.74. The van der Waals surface area contributed by atoms with E-state index in [1.54, 1.807) is 55.9 Å². The fraction of sp³-hybridized carbons (Fsp3) is 0.500. The highest BCUT2D eigenvalue weighted by Crippen LogP contribution is 2.16. The van der Waals surface area contributed by atoms with Gasteiger partial charge >= 0.3 is 17.9 Å². The van der Waals surface area contributed by atoms with Crippen molar-refractivity contribution < 1.29 is 39.2 Å². The average Bonchev–Trinajstić information content (AvgIpc) is 3.45. The van der Waals surface area contributed by atoms with E-state index in [1.807, 2.05) is 4.90 Å². The van der Waals surface area contributed by atoms with Gasteiger partial charge in [0.1, 0.15) is 5.22 Å². The third kappa shape index (κ3) is 12.2. The van der Waals surface area contributed by atoms with Crippen LogP contribution in [0, 0.1) is 23.2 Å². The third-order valence-electron chi connectivity index (χ3n) is 6.89. The van der Waals surface area contributed by atoms with Crippen LogP contribution in [-0.4, -0.2) is 161 Å². The van der Waals surface area contributed by atoms with Crippen molar-refractivity contribution in [2.75, 3.05) is 85.1 Å². The van der Waals surface area contributed by atoms with Crippen LogP contribution in [0.3, 0.4) is 0 Å². The molecule has 1 fully saturated rings. The molecular formula is C28H36N9O7+. The molecule has 1 amide bonds. The normalized spacial score (nSPS) is 19.0. The molecule has 1 saturated heterocycles. The summed E-state index contributed by atoms with van der Waals surface area (Å²) in [5, 5.41) is 47.8. The lowest BCUT2D eigenvalue weighted by Gasteiger charge is -2.32. The monoisotopic (exact) mass is 610 g/mol. The van der Waals surface area contributed by atoms with Crippen molar-refractivity contribution in [1.29, 1.82) is 5.26 Å². The van der Waals surface area contributed by atoms with Crippen molar-refractivity contribution in [3.63, 3.8) is 0 Å². The minimum atomic E-state index is -1.02. The molecule has 234 valence electrons. The quantitative estimate of drug-likeness (QED) is 0.169. The molecule has 2 heterocycles. The summed E-state index contributed by atoms with van der Waals surface area (Å²) in [6, 6.07) is 8.48. The van der Waals surface area contributed by atoms with Gasteiger partial charge in [0.15, 0.2) is 18.0 Å². The summed E-state index contributed by atoms with van der Waals surface area (Å²) in [5.74, 6) is 1.72. The summed E-state index contributed by atoms with van der Waals surface area (Å²) in [5.41, 5.74) is 1.43.